The molecule has 0 aliphatic rings. The lowest BCUT2D eigenvalue weighted by atomic mass is 10.1. The minimum atomic E-state index is -0.805. The standard InChI is InChI=1S/C15H15N3O2S/c19-15(20)8-12(14-5-3-7-21-14)16-9-11-10-17-18-6-2-1-4-13(11)18/h1-7,10,12,16H,8-9H2,(H,19,20). The molecule has 2 N–H and O–H groups in total. The fourth-order valence-electron chi connectivity index (χ4n) is 2.29. The van der Waals surface area contributed by atoms with Gasteiger partial charge in [-0.05, 0) is 23.6 Å². The average Bonchev–Trinajstić information content (AvgIpc) is 3.13. The lowest BCUT2D eigenvalue weighted by Crippen LogP contribution is -2.22. The third-order valence-corrected chi connectivity index (χ3v) is 4.30. The fourth-order valence-corrected chi connectivity index (χ4v) is 3.10. The van der Waals surface area contributed by atoms with E-state index in [0.29, 0.717) is 6.54 Å². The Morgan fingerprint density at radius 2 is 2.29 bits per heavy atom. The molecule has 0 aromatic carbocycles. The molecule has 0 radical (unpaired) electrons. The number of hydrogen-bond acceptors (Lipinski definition) is 4. The van der Waals surface area contributed by atoms with E-state index in [1.807, 2.05) is 52.6 Å². The predicted molar refractivity (Wildman–Crippen MR) is 81.3 cm³/mol. The lowest BCUT2D eigenvalue weighted by molar-refractivity contribution is -0.137. The van der Waals surface area contributed by atoms with E-state index < -0.39 is 5.97 Å². The number of nitrogens with one attached hydrogen (secondary N) is 1. The Morgan fingerprint density at radius 3 is 3.05 bits per heavy atom. The third-order valence-electron chi connectivity index (χ3n) is 3.31. The van der Waals surface area contributed by atoms with Gasteiger partial charge in [-0.25, -0.2) is 4.52 Å². The summed E-state index contributed by atoms with van der Waals surface area (Å²) >= 11 is 1.57. The summed E-state index contributed by atoms with van der Waals surface area (Å²) in [6, 6.07) is 9.61. The van der Waals surface area contributed by atoms with E-state index in [0.717, 1.165) is 16.0 Å². The van der Waals surface area contributed by atoms with Crippen molar-refractivity contribution in [2.45, 2.75) is 19.0 Å². The highest BCUT2D eigenvalue weighted by Gasteiger charge is 2.16. The van der Waals surface area contributed by atoms with Crippen LogP contribution in [-0.4, -0.2) is 20.7 Å². The van der Waals surface area contributed by atoms with Crippen LogP contribution in [0.4, 0.5) is 0 Å². The molecule has 0 saturated carbocycles. The fraction of sp³-hybridized carbons (Fsp3) is 0.200. The maximum absolute atomic E-state index is 11.0. The van der Waals surface area contributed by atoms with Gasteiger partial charge in [-0.15, -0.1) is 11.3 Å². The smallest absolute Gasteiger partial charge is 0.305 e. The number of fused-ring (bicyclic) bond motifs is 1. The van der Waals surface area contributed by atoms with E-state index >= 15 is 0 Å². The van der Waals surface area contributed by atoms with Crippen molar-refractivity contribution in [2.75, 3.05) is 0 Å². The Hall–Kier alpha value is -2.18. The minimum absolute atomic E-state index is 0.0692. The summed E-state index contributed by atoms with van der Waals surface area (Å²) < 4.78 is 1.81. The summed E-state index contributed by atoms with van der Waals surface area (Å²) in [6.45, 7) is 0.587. The first-order chi connectivity index (χ1) is 10.2. The van der Waals surface area contributed by atoms with E-state index in [4.69, 9.17) is 5.11 Å². The molecule has 1 unspecified atom stereocenters. The topological polar surface area (TPSA) is 66.6 Å². The highest BCUT2D eigenvalue weighted by atomic mass is 32.1. The molecule has 0 aliphatic heterocycles. The number of carboxylic acid groups (broad SMARTS) is 1. The first-order valence-electron chi connectivity index (χ1n) is 6.64. The van der Waals surface area contributed by atoms with Crippen molar-refractivity contribution < 1.29 is 9.90 Å². The van der Waals surface area contributed by atoms with Crippen molar-refractivity contribution in [2.24, 2.45) is 0 Å². The van der Waals surface area contributed by atoms with Gasteiger partial charge < -0.3 is 10.4 Å². The summed E-state index contributed by atoms with van der Waals surface area (Å²) in [4.78, 5) is 12.1. The van der Waals surface area contributed by atoms with Crippen molar-refractivity contribution in [1.82, 2.24) is 14.9 Å². The number of carboxylic acids is 1. The third kappa shape index (κ3) is 3.12. The van der Waals surface area contributed by atoms with Gasteiger partial charge in [0.1, 0.15) is 0 Å². The Kier molecular flexibility index (Phi) is 3.98. The number of aromatic nitrogens is 2. The van der Waals surface area contributed by atoms with Crippen LogP contribution in [0.1, 0.15) is 22.9 Å². The van der Waals surface area contributed by atoms with Crippen molar-refractivity contribution >= 4 is 22.8 Å². The molecule has 21 heavy (non-hydrogen) atoms. The van der Waals surface area contributed by atoms with E-state index in [1.54, 1.807) is 11.3 Å². The molecular weight excluding hydrogens is 286 g/mol. The van der Waals surface area contributed by atoms with Gasteiger partial charge in [-0.1, -0.05) is 12.1 Å². The number of aliphatic carboxylic acids is 1. The Bertz CT molecular complexity index is 736. The van der Waals surface area contributed by atoms with Gasteiger partial charge in [0.05, 0.1) is 24.2 Å². The van der Waals surface area contributed by atoms with Crippen LogP contribution in [0, 0.1) is 0 Å². The molecule has 5 nitrogen and oxygen atoms in total. The quantitative estimate of drug-likeness (QED) is 0.734. The first kappa shape index (κ1) is 13.8. The zero-order valence-electron chi connectivity index (χ0n) is 11.3. The molecule has 0 spiro atoms. The zero-order valence-corrected chi connectivity index (χ0v) is 12.1. The van der Waals surface area contributed by atoms with E-state index in [2.05, 4.69) is 10.4 Å². The van der Waals surface area contributed by atoms with Crippen LogP contribution < -0.4 is 5.32 Å². The Balaban J connectivity index is 1.76. The largest absolute Gasteiger partial charge is 0.481 e. The highest BCUT2D eigenvalue weighted by Crippen LogP contribution is 2.23. The van der Waals surface area contributed by atoms with Gasteiger partial charge in [-0.2, -0.15) is 5.10 Å². The van der Waals surface area contributed by atoms with Crippen molar-refractivity contribution in [3.05, 3.63) is 58.5 Å². The van der Waals surface area contributed by atoms with Gasteiger partial charge >= 0.3 is 5.97 Å². The molecule has 3 rings (SSSR count). The maximum atomic E-state index is 11.0. The van der Waals surface area contributed by atoms with Crippen molar-refractivity contribution in [3.8, 4) is 0 Å². The van der Waals surface area contributed by atoms with Crippen LogP contribution in [0.2, 0.25) is 0 Å². The second-order valence-electron chi connectivity index (χ2n) is 4.75. The monoisotopic (exact) mass is 301 g/mol. The molecule has 3 aromatic heterocycles. The van der Waals surface area contributed by atoms with Crippen molar-refractivity contribution in [1.29, 1.82) is 0 Å². The minimum Gasteiger partial charge on any atom is -0.481 e. The van der Waals surface area contributed by atoms with Crippen molar-refractivity contribution in [3.63, 3.8) is 0 Å². The second kappa shape index (κ2) is 6.07. The van der Waals surface area contributed by atoms with Gasteiger partial charge in [0.15, 0.2) is 0 Å². The summed E-state index contributed by atoms with van der Waals surface area (Å²) in [5.74, 6) is -0.805. The number of rotatable bonds is 6. The zero-order chi connectivity index (χ0) is 14.7. The molecule has 108 valence electrons. The number of carbonyl (C=O) groups is 1. The predicted octanol–water partition coefficient (Wildman–Crippen LogP) is 2.70. The number of nitrogens with zero attached hydrogens (tertiary/aromatic N) is 2. The Morgan fingerprint density at radius 1 is 1.38 bits per heavy atom. The summed E-state index contributed by atoms with van der Waals surface area (Å²) in [5.41, 5.74) is 2.09. The Labute approximate surface area is 125 Å². The number of pyridine rings is 1. The molecule has 0 aliphatic carbocycles. The normalized spacial score (nSPS) is 12.6. The second-order valence-corrected chi connectivity index (χ2v) is 5.73. The van der Waals surface area contributed by atoms with Gasteiger partial charge in [-0.3, -0.25) is 4.79 Å². The molecule has 6 heteroatoms. The van der Waals surface area contributed by atoms with E-state index in [9.17, 15) is 4.79 Å². The van der Waals surface area contributed by atoms with Crippen LogP contribution in [-0.2, 0) is 11.3 Å². The summed E-state index contributed by atoms with van der Waals surface area (Å²) in [5, 5.41) is 18.6. The molecular formula is C15H15N3O2S. The van der Waals surface area contributed by atoms with Crippen LogP contribution in [0.15, 0.2) is 48.1 Å². The van der Waals surface area contributed by atoms with Gasteiger partial charge in [0.25, 0.3) is 0 Å². The van der Waals surface area contributed by atoms with Gasteiger partial charge in [0, 0.05) is 23.2 Å². The highest BCUT2D eigenvalue weighted by molar-refractivity contribution is 7.10. The van der Waals surface area contributed by atoms with Crippen LogP contribution in [0.5, 0.6) is 0 Å². The molecule has 0 saturated heterocycles. The number of thiophene rings is 1. The molecule has 0 bridgehead atoms. The van der Waals surface area contributed by atoms with Crippen LogP contribution >= 0.6 is 11.3 Å². The molecule has 3 heterocycles. The van der Waals surface area contributed by atoms with Gasteiger partial charge in [0.2, 0.25) is 0 Å². The average molecular weight is 301 g/mol. The molecule has 0 fully saturated rings. The number of hydrogen-bond donors (Lipinski definition) is 2. The van der Waals surface area contributed by atoms with Crippen LogP contribution in [0.3, 0.4) is 0 Å². The van der Waals surface area contributed by atoms with E-state index in [1.165, 1.54) is 0 Å². The molecule has 0 amide bonds. The lowest BCUT2D eigenvalue weighted by Gasteiger charge is -2.15. The molecule has 1 atom stereocenters. The summed E-state index contributed by atoms with van der Waals surface area (Å²) in [6.07, 6.45) is 3.78. The molecule has 3 aromatic rings. The van der Waals surface area contributed by atoms with E-state index in [-0.39, 0.29) is 12.5 Å². The SMILES string of the molecule is O=C(O)CC(NCc1cnn2ccccc12)c1cccs1. The van der Waals surface area contributed by atoms with Crippen LogP contribution in [0.25, 0.3) is 5.52 Å². The first-order valence-corrected chi connectivity index (χ1v) is 7.52. The maximum Gasteiger partial charge on any atom is 0.305 e. The summed E-state index contributed by atoms with van der Waals surface area (Å²) in [7, 11) is 0.